The van der Waals surface area contributed by atoms with Crippen molar-refractivity contribution in [2.75, 3.05) is 14.2 Å². The van der Waals surface area contributed by atoms with E-state index in [0.29, 0.717) is 0 Å². The Labute approximate surface area is 160 Å². The third-order valence-corrected chi connectivity index (χ3v) is 6.14. The van der Waals surface area contributed by atoms with Gasteiger partial charge in [-0.25, -0.2) is 0 Å². The number of para-hydroxylation sites is 2. The van der Waals surface area contributed by atoms with Crippen molar-refractivity contribution in [1.82, 2.24) is 14.5 Å². The fraction of sp³-hybridized carbons (Fsp3) is 0.182. The molecule has 1 N–H and O–H groups in total. The molecule has 1 saturated heterocycles. The molecule has 6 nitrogen and oxygen atoms in total. The number of likely N-dealkylation sites (tertiary alicyclic amines) is 1. The smallest absolute Gasteiger partial charge is 0.253 e. The number of nitrogens with one attached hydrogen (secondary N) is 1. The Kier molecular flexibility index (Phi) is 2.79. The number of carbonyl (C=O) groups is 2. The van der Waals surface area contributed by atoms with Crippen LogP contribution in [-0.4, -0.2) is 40.4 Å². The van der Waals surface area contributed by atoms with Gasteiger partial charge in [0.05, 0.1) is 24.2 Å². The Morgan fingerprint density at radius 2 is 1.68 bits per heavy atom. The Bertz CT molecular complexity index is 1330. The molecule has 0 bridgehead atoms. The van der Waals surface area contributed by atoms with Crippen molar-refractivity contribution in [3.05, 3.63) is 54.1 Å². The van der Waals surface area contributed by atoms with E-state index >= 15 is 0 Å². The highest BCUT2D eigenvalue weighted by Crippen LogP contribution is 2.55. The summed E-state index contributed by atoms with van der Waals surface area (Å²) in [4.78, 5) is 31.0. The van der Waals surface area contributed by atoms with Crippen LogP contribution in [0, 0.1) is 0 Å². The van der Waals surface area contributed by atoms with Crippen LogP contribution in [0.25, 0.3) is 33.2 Å². The van der Waals surface area contributed by atoms with Gasteiger partial charge in [-0.1, -0.05) is 30.3 Å². The van der Waals surface area contributed by atoms with Gasteiger partial charge in [0.25, 0.3) is 5.91 Å². The lowest BCUT2D eigenvalue weighted by atomic mass is 9.86. The maximum absolute atomic E-state index is 13.2. The summed E-state index contributed by atoms with van der Waals surface area (Å²) in [5.74, 6) is -0.174. The molecule has 4 heterocycles. The van der Waals surface area contributed by atoms with E-state index in [1.807, 2.05) is 53.1 Å². The Balaban J connectivity index is 1.85. The Morgan fingerprint density at radius 1 is 0.964 bits per heavy atom. The van der Waals surface area contributed by atoms with Crippen LogP contribution in [-0.2, 0) is 9.59 Å². The molecule has 2 aliphatic heterocycles. The largest absolute Gasteiger partial charge is 0.494 e. The molecule has 138 valence electrons. The van der Waals surface area contributed by atoms with E-state index in [2.05, 4.69) is 4.98 Å². The monoisotopic (exact) mass is 371 g/mol. The second-order valence-electron chi connectivity index (χ2n) is 7.39. The summed E-state index contributed by atoms with van der Waals surface area (Å²) < 4.78 is 7.79. The van der Waals surface area contributed by atoms with Crippen molar-refractivity contribution in [1.29, 1.82) is 0 Å². The van der Waals surface area contributed by atoms with E-state index in [-0.39, 0.29) is 11.8 Å². The number of hydrogen-bond donors (Lipinski definition) is 1. The van der Waals surface area contributed by atoms with Crippen LogP contribution in [0.3, 0.4) is 0 Å². The number of aromatic amines is 1. The van der Waals surface area contributed by atoms with Crippen LogP contribution in [0.15, 0.2) is 48.5 Å². The zero-order chi connectivity index (χ0) is 19.2. The topological polar surface area (TPSA) is 67.3 Å². The van der Waals surface area contributed by atoms with Crippen LogP contribution < -0.4 is 4.74 Å². The van der Waals surface area contributed by atoms with E-state index < -0.39 is 12.0 Å². The minimum absolute atomic E-state index is 0.164. The molecule has 0 radical (unpaired) electrons. The molecule has 6 heteroatoms. The van der Waals surface area contributed by atoms with Gasteiger partial charge in [-0.05, 0) is 18.2 Å². The molecule has 2 atom stereocenters. The average molecular weight is 371 g/mol. The third kappa shape index (κ3) is 1.60. The van der Waals surface area contributed by atoms with E-state index in [0.717, 1.165) is 44.5 Å². The predicted octanol–water partition coefficient (Wildman–Crippen LogP) is 3.44. The number of hydrogen-bond acceptors (Lipinski definition) is 3. The highest BCUT2D eigenvalue weighted by molar-refractivity contribution is 6.14. The molecule has 1 fully saturated rings. The van der Waals surface area contributed by atoms with Crippen LogP contribution in [0.5, 0.6) is 5.75 Å². The molecule has 0 aliphatic carbocycles. The van der Waals surface area contributed by atoms with Crippen molar-refractivity contribution in [3.8, 4) is 17.1 Å². The second-order valence-corrected chi connectivity index (χ2v) is 7.39. The lowest BCUT2D eigenvalue weighted by Gasteiger charge is -2.27. The van der Waals surface area contributed by atoms with Gasteiger partial charge in [-0.3, -0.25) is 14.5 Å². The molecule has 2 aliphatic rings. The standard InChI is InChI=1S/C22H17N3O3/c1-24-21(26)16-15-11-7-3-5-9-13(11)23-17(15)19-20(28-2)12-8-4-6-10-14(12)25(19)18(16)22(24)27/h3-10,16,18,23H,1-2H3. The summed E-state index contributed by atoms with van der Waals surface area (Å²) in [6.07, 6.45) is 0. The Morgan fingerprint density at radius 3 is 2.46 bits per heavy atom. The van der Waals surface area contributed by atoms with Gasteiger partial charge in [0.15, 0.2) is 5.75 Å². The first-order chi connectivity index (χ1) is 13.6. The van der Waals surface area contributed by atoms with Crippen LogP contribution >= 0.6 is 0 Å². The fourth-order valence-corrected chi connectivity index (χ4v) is 4.97. The molecule has 2 unspecified atom stereocenters. The lowest BCUT2D eigenvalue weighted by Crippen LogP contribution is -2.27. The molecule has 4 aromatic rings. The first-order valence-electron chi connectivity index (χ1n) is 9.22. The van der Waals surface area contributed by atoms with Crippen LogP contribution in [0.1, 0.15) is 17.5 Å². The normalized spacial score (nSPS) is 20.6. The molecule has 6 rings (SSSR count). The number of H-pyrrole nitrogens is 1. The number of likely N-dealkylation sites (N-methyl/N-ethyl adjacent to an activating group) is 1. The minimum Gasteiger partial charge on any atom is -0.494 e. The van der Waals surface area contributed by atoms with Gasteiger partial charge in [-0.15, -0.1) is 0 Å². The SMILES string of the molecule is COc1c2n(c3ccccc13)C1C(=O)N(C)C(=O)C1c1c-2[nH]c2ccccc12. The number of fused-ring (bicyclic) bond motifs is 10. The first-order valence-corrected chi connectivity index (χ1v) is 9.22. The highest BCUT2D eigenvalue weighted by atomic mass is 16.5. The van der Waals surface area contributed by atoms with E-state index in [9.17, 15) is 9.59 Å². The van der Waals surface area contributed by atoms with Crippen molar-refractivity contribution >= 4 is 33.6 Å². The summed E-state index contributed by atoms with van der Waals surface area (Å²) in [7, 11) is 3.21. The van der Waals surface area contributed by atoms with Crippen molar-refractivity contribution in [2.24, 2.45) is 0 Å². The molecule has 2 aromatic carbocycles. The van der Waals surface area contributed by atoms with Crippen molar-refractivity contribution in [2.45, 2.75) is 12.0 Å². The number of imide groups is 1. The molecule has 28 heavy (non-hydrogen) atoms. The number of ether oxygens (including phenoxy) is 1. The predicted molar refractivity (Wildman–Crippen MR) is 105 cm³/mol. The Hall–Kier alpha value is -3.54. The summed E-state index contributed by atoms with van der Waals surface area (Å²) in [5.41, 5.74) is 4.41. The third-order valence-electron chi connectivity index (χ3n) is 6.14. The number of rotatable bonds is 1. The van der Waals surface area contributed by atoms with Gasteiger partial charge in [-0.2, -0.15) is 0 Å². The van der Waals surface area contributed by atoms with Crippen LogP contribution in [0.2, 0.25) is 0 Å². The minimum atomic E-state index is -0.604. The van der Waals surface area contributed by atoms with Crippen LogP contribution in [0.4, 0.5) is 0 Å². The number of benzene rings is 2. The molecule has 0 saturated carbocycles. The summed E-state index contributed by atoms with van der Waals surface area (Å²) in [6.45, 7) is 0. The first kappa shape index (κ1) is 15.5. The van der Waals surface area contributed by atoms with Gasteiger partial charge >= 0.3 is 0 Å². The van der Waals surface area contributed by atoms with Gasteiger partial charge < -0.3 is 14.3 Å². The zero-order valence-corrected chi connectivity index (χ0v) is 15.4. The zero-order valence-electron chi connectivity index (χ0n) is 15.4. The number of nitrogens with zero attached hydrogens (tertiary/aromatic N) is 2. The molecule has 0 spiro atoms. The van der Waals surface area contributed by atoms with Crippen molar-refractivity contribution < 1.29 is 14.3 Å². The van der Waals surface area contributed by atoms with Gasteiger partial charge in [0, 0.05) is 28.9 Å². The molecular formula is C22H17N3O3. The van der Waals surface area contributed by atoms with Gasteiger partial charge in [0.1, 0.15) is 11.7 Å². The molecular weight excluding hydrogens is 354 g/mol. The quantitative estimate of drug-likeness (QED) is 0.521. The summed E-state index contributed by atoms with van der Waals surface area (Å²) in [5, 5.41) is 1.91. The maximum atomic E-state index is 13.2. The number of methoxy groups -OCH3 is 1. The number of carbonyl (C=O) groups excluding carboxylic acids is 2. The average Bonchev–Trinajstić information content (AvgIpc) is 3.33. The molecule has 2 aromatic heterocycles. The maximum Gasteiger partial charge on any atom is 0.253 e. The second kappa shape index (κ2) is 5.04. The van der Waals surface area contributed by atoms with Gasteiger partial charge in [0.2, 0.25) is 5.91 Å². The number of amides is 2. The fourth-order valence-electron chi connectivity index (χ4n) is 4.97. The highest BCUT2D eigenvalue weighted by Gasteiger charge is 2.53. The lowest BCUT2D eigenvalue weighted by molar-refractivity contribution is -0.137. The van der Waals surface area contributed by atoms with E-state index in [4.69, 9.17) is 4.74 Å². The summed E-state index contributed by atoms with van der Waals surface area (Å²) in [6, 6.07) is 15.2. The number of aromatic nitrogens is 2. The van der Waals surface area contributed by atoms with E-state index in [1.54, 1.807) is 14.2 Å². The van der Waals surface area contributed by atoms with Crippen molar-refractivity contribution in [3.63, 3.8) is 0 Å². The molecule has 2 amide bonds. The summed E-state index contributed by atoms with van der Waals surface area (Å²) >= 11 is 0. The van der Waals surface area contributed by atoms with E-state index in [1.165, 1.54) is 4.90 Å².